The molecule has 0 radical (unpaired) electrons. The smallest absolute Gasteiger partial charge is 0.0368 e. The Balaban J connectivity index is 0. The average Bonchev–Trinajstić information content (AvgIpc) is 2.15. The van der Waals surface area contributed by atoms with Gasteiger partial charge in [-0.1, -0.05) is 75.2 Å². The maximum Gasteiger partial charge on any atom is -0.0368 e. The van der Waals surface area contributed by atoms with Crippen LogP contribution in [0.25, 0.3) is 0 Å². The Kier molecular flexibility index (Phi) is 13.6. The predicted octanol–water partition coefficient (Wildman–Crippen LogP) is 6.79. The van der Waals surface area contributed by atoms with E-state index in [1.165, 1.54) is 25.7 Å². The predicted molar refractivity (Wildman–Crippen MR) is 87.0 cm³/mol. The Hall–Kier alpha value is 0. The Morgan fingerprint density at radius 2 is 1.06 bits per heavy atom. The first-order valence-corrected chi connectivity index (χ1v) is 8.22. The third-order valence-electron chi connectivity index (χ3n) is 3.55. The fraction of sp³-hybridized carbons (Fsp3) is 1.00. The molecule has 0 heterocycles. The topological polar surface area (TPSA) is 0 Å². The van der Waals surface area contributed by atoms with Gasteiger partial charge in [-0.15, -0.1) is 0 Å². The van der Waals surface area contributed by atoms with E-state index < -0.39 is 0 Å². The summed E-state index contributed by atoms with van der Waals surface area (Å²) in [7, 11) is 0. The normalized spacial score (nSPS) is 11.7. The van der Waals surface area contributed by atoms with Gasteiger partial charge in [-0.05, 0) is 42.4 Å². The van der Waals surface area contributed by atoms with Crippen LogP contribution in [0.3, 0.4) is 0 Å². The Bertz CT molecular complexity index is 139. The number of hydrogen-bond donors (Lipinski definition) is 0. The van der Waals surface area contributed by atoms with Crippen molar-refractivity contribution < 1.29 is 0 Å². The Morgan fingerprint density at radius 3 is 1.22 bits per heavy atom. The van der Waals surface area contributed by atoms with E-state index in [4.69, 9.17) is 0 Å². The summed E-state index contributed by atoms with van der Waals surface area (Å²) in [5.74, 6) is 4.41. The second-order valence-corrected chi connectivity index (χ2v) is 7.32. The van der Waals surface area contributed by atoms with Crippen molar-refractivity contribution >= 4 is 0 Å². The first-order chi connectivity index (χ1) is 8.22. The molecule has 0 saturated carbocycles. The maximum absolute atomic E-state index is 2.35. The van der Waals surface area contributed by atoms with Crippen LogP contribution in [0.1, 0.15) is 88.0 Å². The minimum absolute atomic E-state index is 0.863. The van der Waals surface area contributed by atoms with Crippen LogP contribution >= 0.6 is 0 Å². The van der Waals surface area contributed by atoms with Crippen molar-refractivity contribution in [2.24, 2.45) is 29.6 Å². The molecule has 112 valence electrons. The van der Waals surface area contributed by atoms with Crippen LogP contribution in [0.5, 0.6) is 0 Å². The molecule has 0 fully saturated rings. The molecule has 0 N–H and O–H groups in total. The van der Waals surface area contributed by atoms with Crippen molar-refractivity contribution in [2.45, 2.75) is 88.0 Å². The molecule has 0 heteroatoms. The summed E-state index contributed by atoms with van der Waals surface area (Å²) in [5, 5.41) is 0. The molecule has 0 aliphatic carbocycles. The largest absolute Gasteiger partial charge is 0.0654 e. The first-order valence-electron chi connectivity index (χ1n) is 8.22. The van der Waals surface area contributed by atoms with Crippen LogP contribution in [0, 0.1) is 29.6 Å². The fourth-order valence-electron chi connectivity index (χ4n) is 2.82. The SMILES string of the molecule is CC(C)CC(C)C.CCCCC(C(C)C)C(C)C. The molecular formula is C18H40. The van der Waals surface area contributed by atoms with Crippen LogP contribution < -0.4 is 0 Å². The lowest BCUT2D eigenvalue weighted by Gasteiger charge is -2.24. The van der Waals surface area contributed by atoms with Gasteiger partial charge in [0.15, 0.2) is 0 Å². The number of unbranched alkanes of at least 4 members (excludes halogenated alkanes) is 1. The van der Waals surface area contributed by atoms with E-state index >= 15 is 0 Å². The minimum atomic E-state index is 0.863. The van der Waals surface area contributed by atoms with E-state index in [0.29, 0.717) is 0 Å². The summed E-state index contributed by atoms with van der Waals surface area (Å²) in [6.45, 7) is 20.7. The molecule has 0 atom stereocenters. The van der Waals surface area contributed by atoms with Gasteiger partial charge in [-0.3, -0.25) is 0 Å². The lowest BCUT2D eigenvalue weighted by atomic mass is 9.82. The van der Waals surface area contributed by atoms with Gasteiger partial charge in [-0.25, -0.2) is 0 Å². The van der Waals surface area contributed by atoms with Crippen molar-refractivity contribution in [3.05, 3.63) is 0 Å². The molecule has 0 saturated heterocycles. The second kappa shape index (κ2) is 12.1. The summed E-state index contributed by atoms with van der Waals surface area (Å²) >= 11 is 0. The highest BCUT2D eigenvalue weighted by Crippen LogP contribution is 2.25. The van der Waals surface area contributed by atoms with Gasteiger partial charge in [0.2, 0.25) is 0 Å². The highest BCUT2D eigenvalue weighted by molar-refractivity contribution is 4.66. The molecule has 0 aromatic heterocycles. The molecule has 0 rings (SSSR count). The summed E-state index contributed by atoms with van der Waals surface area (Å²) in [6, 6.07) is 0. The quantitative estimate of drug-likeness (QED) is 0.470. The third kappa shape index (κ3) is 14.1. The van der Waals surface area contributed by atoms with E-state index in [2.05, 4.69) is 62.3 Å². The molecule has 0 aliphatic heterocycles. The van der Waals surface area contributed by atoms with Crippen molar-refractivity contribution in [3.8, 4) is 0 Å². The first kappa shape index (κ1) is 20.3. The van der Waals surface area contributed by atoms with E-state index in [1.54, 1.807) is 0 Å². The van der Waals surface area contributed by atoms with Crippen LogP contribution in [-0.4, -0.2) is 0 Å². The van der Waals surface area contributed by atoms with Gasteiger partial charge in [0, 0.05) is 0 Å². The maximum atomic E-state index is 2.35. The molecule has 0 spiro atoms. The highest BCUT2D eigenvalue weighted by Gasteiger charge is 2.15. The minimum Gasteiger partial charge on any atom is -0.0654 e. The second-order valence-electron chi connectivity index (χ2n) is 7.32. The molecule has 0 nitrogen and oxygen atoms in total. The molecular weight excluding hydrogens is 216 g/mol. The lowest BCUT2D eigenvalue weighted by Crippen LogP contribution is -2.15. The van der Waals surface area contributed by atoms with E-state index in [1.807, 2.05) is 0 Å². The average molecular weight is 257 g/mol. The van der Waals surface area contributed by atoms with Crippen molar-refractivity contribution in [1.82, 2.24) is 0 Å². The van der Waals surface area contributed by atoms with E-state index in [-0.39, 0.29) is 0 Å². The fourth-order valence-corrected chi connectivity index (χ4v) is 2.82. The third-order valence-corrected chi connectivity index (χ3v) is 3.55. The van der Waals surface area contributed by atoms with Gasteiger partial charge in [0.1, 0.15) is 0 Å². The molecule has 0 bridgehead atoms. The highest BCUT2D eigenvalue weighted by atomic mass is 14.2. The van der Waals surface area contributed by atoms with Crippen molar-refractivity contribution in [3.63, 3.8) is 0 Å². The molecule has 0 aromatic rings. The number of rotatable bonds is 7. The van der Waals surface area contributed by atoms with Crippen LogP contribution in [0.2, 0.25) is 0 Å². The zero-order valence-corrected chi connectivity index (χ0v) is 14.7. The summed E-state index contributed by atoms with van der Waals surface area (Å²) in [4.78, 5) is 0. The van der Waals surface area contributed by atoms with Crippen molar-refractivity contribution in [1.29, 1.82) is 0 Å². The van der Waals surface area contributed by atoms with Gasteiger partial charge in [-0.2, -0.15) is 0 Å². The van der Waals surface area contributed by atoms with Gasteiger partial charge in [0.05, 0.1) is 0 Å². The molecule has 0 aromatic carbocycles. The molecule has 18 heavy (non-hydrogen) atoms. The number of hydrogen-bond acceptors (Lipinski definition) is 0. The van der Waals surface area contributed by atoms with Crippen LogP contribution in [0.4, 0.5) is 0 Å². The van der Waals surface area contributed by atoms with Crippen LogP contribution in [0.15, 0.2) is 0 Å². The Labute approximate surface area is 118 Å². The Morgan fingerprint density at radius 1 is 0.667 bits per heavy atom. The van der Waals surface area contributed by atoms with E-state index in [0.717, 1.165) is 29.6 Å². The molecule has 0 amide bonds. The van der Waals surface area contributed by atoms with Gasteiger partial charge in [0.25, 0.3) is 0 Å². The zero-order chi connectivity index (χ0) is 14.7. The summed E-state index contributed by atoms with van der Waals surface area (Å²) < 4.78 is 0. The van der Waals surface area contributed by atoms with Crippen LogP contribution in [-0.2, 0) is 0 Å². The standard InChI is InChI=1S/C11H24.C7H16/c1-6-7-8-11(9(2)3)10(4)5;1-6(2)5-7(3)4/h9-11H,6-8H2,1-5H3;6-7H,5H2,1-4H3. The van der Waals surface area contributed by atoms with Gasteiger partial charge >= 0.3 is 0 Å². The van der Waals surface area contributed by atoms with Crippen molar-refractivity contribution in [2.75, 3.05) is 0 Å². The molecule has 0 unspecified atom stereocenters. The van der Waals surface area contributed by atoms with E-state index in [9.17, 15) is 0 Å². The monoisotopic (exact) mass is 256 g/mol. The summed E-state index contributed by atoms with van der Waals surface area (Å²) in [5.41, 5.74) is 0. The summed E-state index contributed by atoms with van der Waals surface area (Å²) in [6.07, 6.45) is 5.53. The lowest BCUT2D eigenvalue weighted by molar-refractivity contribution is 0.263. The molecule has 0 aliphatic rings. The zero-order valence-electron chi connectivity index (χ0n) is 14.7. The van der Waals surface area contributed by atoms with Gasteiger partial charge < -0.3 is 0 Å².